The number of carbonyl (C=O) groups is 2. The molecule has 6 nitrogen and oxygen atoms in total. The van der Waals surface area contributed by atoms with Crippen molar-refractivity contribution in [2.45, 2.75) is 19.8 Å². The molecule has 2 heterocycles. The highest BCUT2D eigenvalue weighted by atomic mass is 16.5. The lowest BCUT2D eigenvalue weighted by atomic mass is 9.97. The van der Waals surface area contributed by atoms with E-state index in [-0.39, 0.29) is 17.5 Å². The maximum atomic E-state index is 12.8. The quantitative estimate of drug-likeness (QED) is 0.938. The number of carboxylic acid groups (broad SMARTS) is 1. The summed E-state index contributed by atoms with van der Waals surface area (Å²) in [5.74, 6) is -0.813. The molecule has 0 atom stereocenters. The second-order valence-electron chi connectivity index (χ2n) is 6.46. The second-order valence-corrected chi connectivity index (χ2v) is 6.46. The van der Waals surface area contributed by atoms with Crippen LogP contribution in [0.25, 0.3) is 10.9 Å². The van der Waals surface area contributed by atoms with Crippen LogP contribution in [0.4, 0.5) is 0 Å². The van der Waals surface area contributed by atoms with Crippen LogP contribution in [0.5, 0.6) is 0 Å². The molecule has 0 aliphatic carbocycles. The molecular formula is C18H22N2O4. The Bertz CT molecular complexity index is 801. The lowest BCUT2D eigenvalue weighted by Crippen LogP contribution is -2.40. The van der Waals surface area contributed by atoms with Gasteiger partial charge in [0.05, 0.1) is 18.7 Å². The number of nitrogens with zero attached hydrogens (tertiary/aromatic N) is 2. The van der Waals surface area contributed by atoms with Crippen LogP contribution in [-0.2, 0) is 11.8 Å². The number of morpholine rings is 1. The summed E-state index contributed by atoms with van der Waals surface area (Å²) >= 11 is 0. The third kappa shape index (κ3) is 2.78. The van der Waals surface area contributed by atoms with E-state index < -0.39 is 5.97 Å². The second kappa shape index (κ2) is 6.28. The zero-order valence-corrected chi connectivity index (χ0v) is 14.2. The molecule has 3 rings (SSSR count). The SMILES string of the molecule is CC(C)c1cc(C(=O)N2CCOCC2)cc2cc(C(=O)O)n(C)c12. The van der Waals surface area contributed by atoms with Crippen molar-refractivity contribution in [1.29, 1.82) is 0 Å². The van der Waals surface area contributed by atoms with E-state index in [0.29, 0.717) is 31.9 Å². The van der Waals surface area contributed by atoms with Crippen LogP contribution in [0.15, 0.2) is 18.2 Å². The Kier molecular flexibility index (Phi) is 4.32. The zero-order chi connectivity index (χ0) is 17.4. The summed E-state index contributed by atoms with van der Waals surface area (Å²) in [7, 11) is 1.75. The Balaban J connectivity index is 2.13. The van der Waals surface area contributed by atoms with Crippen molar-refractivity contribution >= 4 is 22.8 Å². The van der Waals surface area contributed by atoms with Crippen LogP contribution >= 0.6 is 0 Å². The number of carbonyl (C=O) groups excluding carboxylic acids is 1. The predicted octanol–water partition coefficient (Wildman–Crippen LogP) is 2.47. The lowest BCUT2D eigenvalue weighted by Gasteiger charge is -2.27. The normalized spacial score (nSPS) is 15.2. The van der Waals surface area contributed by atoms with Gasteiger partial charge in [-0.3, -0.25) is 4.79 Å². The first kappa shape index (κ1) is 16.5. The minimum absolute atomic E-state index is 0.0252. The fraction of sp³-hybridized carbons (Fsp3) is 0.444. The number of amides is 1. The van der Waals surface area contributed by atoms with Gasteiger partial charge in [0.2, 0.25) is 0 Å². The van der Waals surface area contributed by atoms with Crippen LogP contribution in [0.1, 0.15) is 46.2 Å². The van der Waals surface area contributed by atoms with Gasteiger partial charge in [0.15, 0.2) is 0 Å². The Morgan fingerprint density at radius 3 is 2.42 bits per heavy atom. The molecular weight excluding hydrogens is 308 g/mol. The molecule has 1 aromatic heterocycles. The molecule has 1 amide bonds. The predicted molar refractivity (Wildman–Crippen MR) is 90.7 cm³/mol. The van der Waals surface area contributed by atoms with Crippen LogP contribution in [0.2, 0.25) is 0 Å². The molecule has 6 heteroatoms. The van der Waals surface area contributed by atoms with Crippen LogP contribution < -0.4 is 0 Å². The summed E-state index contributed by atoms with van der Waals surface area (Å²) < 4.78 is 6.99. The van der Waals surface area contributed by atoms with E-state index in [4.69, 9.17) is 4.74 Å². The van der Waals surface area contributed by atoms with Gasteiger partial charge in [-0.05, 0) is 29.7 Å². The summed E-state index contributed by atoms with van der Waals surface area (Å²) in [5, 5.41) is 10.2. The molecule has 1 N–H and O–H groups in total. The molecule has 0 bridgehead atoms. The van der Waals surface area contributed by atoms with E-state index in [2.05, 4.69) is 0 Å². The molecule has 2 aromatic rings. The van der Waals surface area contributed by atoms with Gasteiger partial charge in [-0.15, -0.1) is 0 Å². The summed E-state index contributed by atoms with van der Waals surface area (Å²) in [4.78, 5) is 26.0. The number of hydrogen-bond acceptors (Lipinski definition) is 3. The Labute approximate surface area is 140 Å². The van der Waals surface area contributed by atoms with Gasteiger partial charge in [0.25, 0.3) is 5.91 Å². The molecule has 1 aliphatic rings. The average molecular weight is 330 g/mol. The van der Waals surface area contributed by atoms with Gasteiger partial charge >= 0.3 is 5.97 Å². The number of benzene rings is 1. The molecule has 0 saturated carbocycles. The first-order chi connectivity index (χ1) is 11.4. The fourth-order valence-corrected chi connectivity index (χ4v) is 3.26. The van der Waals surface area contributed by atoms with Gasteiger partial charge < -0.3 is 19.3 Å². The lowest BCUT2D eigenvalue weighted by molar-refractivity contribution is 0.0303. The number of aromatic carboxylic acids is 1. The van der Waals surface area contributed by atoms with Crippen LogP contribution in [0, 0.1) is 0 Å². The average Bonchev–Trinajstić information content (AvgIpc) is 2.91. The van der Waals surface area contributed by atoms with Crippen molar-refractivity contribution in [2.75, 3.05) is 26.3 Å². The summed E-state index contributed by atoms with van der Waals surface area (Å²) in [6.45, 7) is 6.38. The van der Waals surface area contributed by atoms with E-state index >= 15 is 0 Å². The maximum Gasteiger partial charge on any atom is 0.352 e. The van der Waals surface area contributed by atoms with Gasteiger partial charge in [-0.1, -0.05) is 13.8 Å². The molecule has 1 fully saturated rings. The Hall–Kier alpha value is -2.34. The molecule has 24 heavy (non-hydrogen) atoms. The standard InChI is InChI=1S/C18H22N2O4/c1-11(2)14-9-13(17(21)20-4-6-24-7-5-20)8-12-10-15(18(22)23)19(3)16(12)14/h8-11H,4-7H2,1-3H3,(H,22,23). The minimum Gasteiger partial charge on any atom is -0.477 e. The molecule has 0 unspecified atom stereocenters. The smallest absolute Gasteiger partial charge is 0.352 e. The highest BCUT2D eigenvalue weighted by Gasteiger charge is 2.22. The van der Waals surface area contributed by atoms with E-state index in [0.717, 1.165) is 16.5 Å². The van der Waals surface area contributed by atoms with Crippen molar-refractivity contribution in [3.05, 3.63) is 35.0 Å². The van der Waals surface area contributed by atoms with E-state index in [1.54, 1.807) is 28.6 Å². The summed E-state index contributed by atoms with van der Waals surface area (Å²) in [6, 6.07) is 5.33. The number of fused-ring (bicyclic) bond motifs is 1. The minimum atomic E-state index is -0.968. The van der Waals surface area contributed by atoms with Crippen LogP contribution in [-0.4, -0.2) is 52.8 Å². The highest BCUT2D eigenvalue weighted by molar-refractivity contribution is 6.02. The van der Waals surface area contributed by atoms with Crippen molar-refractivity contribution in [3.8, 4) is 0 Å². The monoisotopic (exact) mass is 330 g/mol. The topological polar surface area (TPSA) is 71.8 Å². The molecule has 1 aromatic carbocycles. The number of rotatable bonds is 3. The first-order valence-electron chi connectivity index (χ1n) is 8.14. The van der Waals surface area contributed by atoms with Gasteiger partial charge in [0.1, 0.15) is 5.69 Å². The zero-order valence-electron chi connectivity index (χ0n) is 14.2. The summed E-state index contributed by atoms with van der Waals surface area (Å²) in [6.07, 6.45) is 0. The van der Waals surface area contributed by atoms with Gasteiger partial charge in [-0.2, -0.15) is 0 Å². The van der Waals surface area contributed by atoms with Gasteiger partial charge in [-0.25, -0.2) is 4.79 Å². The molecule has 1 aliphatic heterocycles. The fourth-order valence-electron chi connectivity index (χ4n) is 3.26. The number of ether oxygens (including phenoxy) is 1. The molecule has 128 valence electrons. The number of aromatic nitrogens is 1. The molecule has 0 radical (unpaired) electrons. The summed E-state index contributed by atoms with van der Waals surface area (Å²) in [5.41, 5.74) is 2.69. The van der Waals surface area contributed by atoms with Crippen molar-refractivity contribution in [1.82, 2.24) is 9.47 Å². The van der Waals surface area contributed by atoms with Crippen molar-refractivity contribution < 1.29 is 19.4 Å². The highest BCUT2D eigenvalue weighted by Crippen LogP contribution is 2.30. The van der Waals surface area contributed by atoms with Crippen molar-refractivity contribution in [2.24, 2.45) is 7.05 Å². The maximum absolute atomic E-state index is 12.8. The number of carboxylic acids is 1. The molecule has 1 saturated heterocycles. The Morgan fingerprint density at radius 1 is 1.17 bits per heavy atom. The number of hydrogen-bond donors (Lipinski definition) is 1. The van der Waals surface area contributed by atoms with Gasteiger partial charge in [0, 0.05) is 31.1 Å². The first-order valence-corrected chi connectivity index (χ1v) is 8.14. The van der Waals surface area contributed by atoms with Crippen LogP contribution in [0.3, 0.4) is 0 Å². The van der Waals surface area contributed by atoms with Crippen molar-refractivity contribution in [3.63, 3.8) is 0 Å². The van der Waals surface area contributed by atoms with E-state index in [1.165, 1.54) is 0 Å². The Morgan fingerprint density at radius 2 is 1.83 bits per heavy atom. The third-order valence-electron chi connectivity index (χ3n) is 4.54. The van der Waals surface area contributed by atoms with E-state index in [9.17, 15) is 14.7 Å². The van der Waals surface area contributed by atoms with E-state index in [1.807, 2.05) is 19.9 Å². The third-order valence-corrected chi connectivity index (χ3v) is 4.54. The largest absolute Gasteiger partial charge is 0.477 e. The molecule has 0 spiro atoms. The number of aryl methyl sites for hydroxylation is 1.